The number of pyridine rings is 1. The number of aromatic nitrogens is 3. The van der Waals surface area contributed by atoms with Crippen molar-refractivity contribution < 1.29 is 14.4 Å². The van der Waals surface area contributed by atoms with Gasteiger partial charge in [-0.15, -0.1) is 0 Å². The normalized spacial score (nSPS) is 11.9. The molecule has 0 aliphatic rings. The Labute approximate surface area is 142 Å². The van der Waals surface area contributed by atoms with E-state index in [1.807, 2.05) is 0 Å². The van der Waals surface area contributed by atoms with Crippen LogP contribution >= 0.6 is 11.6 Å². The van der Waals surface area contributed by atoms with Crippen LogP contribution in [0, 0.1) is 6.92 Å². The van der Waals surface area contributed by atoms with Gasteiger partial charge in [0.2, 0.25) is 5.89 Å². The van der Waals surface area contributed by atoms with Crippen molar-refractivity contribution in [3.05, 3.63) is 70.6 Å². The van der Waals surface area contributed by atoms with Gasteiger partial charge in [-0.1, -0.05) is 28.9 Å². The molecule has 2 aromatic heterocycles. The number of carbonyl (C=O) groups excluding carboxylic acids is 1. The average Bonchev–Trinajstić information content (AvgIpc) is 2.99. The molecule has 122 valence electrons. The highest BCUT2D eigenvalue weighted by Gasteiger charge is 2.23. The van der Waals surface area contributed by atoms with Crippen molar-refractivity contribution in [3.8, 4) is 5.75 Å². The summed E-state index contributed by atoms with van der Waals surface area (Å²) in [6.07, 6.45) is 2.60. The Morgan fingerprint density at radius 1 is 1.29 bits per heavy atom. The summed E-state index contributed by atoms with van der Waals surface area (Å²) in [4.78, 5) is 20.4. The zero-order chi connectivity index (χ0) is 17.1. The lowest BCUT2D eigenvalue weighted by molar-refractivity contribution is 0.0940. The molecule has 1 atom stereocenters. The van der Waals surface area contributed by atoms with Crippen LogP contribution in [0.3, 0.4) is 0 Å². The van der Waals surface area contributed by atoms with E-state index in [1.165, 1.54) is 18.5 Å². The predicted molar refractivity (Wildman–Crippen MR) is 85.7 cm³/mol. The maximum Gasteiger partial charge on any atom is 0.253 e. The Kier molecular flexibility index (Phi) is 4.43. The maximum atomic E-state index is 12.5. The number of aromatic hydroxyl groups is 1. The zero-order valence-corrected chi connectivity index (χ0v) is 13.4. The molecular formula is C16H13ClN4O3. The molecule has 0 saturated heterocycles. The molecular weight excluding hydrogens is 332 g/mol. The summed E-state index contributed by atoms with van der Waals surface area (Å²) in [7, 11) is 0. The minimum absolute atomic E-state index is 0.0962. The van der Waals surface area contributed by atoms with Gasteiger partial charge in [0.15, 0.2) is 5.82 Å². The first-order chi connectivity index (χ1) is 11.5. The highest BCUT2D eigenvalue weighted by molar-refractivity contribution is 6.30. The molecule has 0 radical (unpaired) electrons. The van der Waals surface area contributed by atoms with Crippen LogP contribution in [-0.2, 0) is 0 Å². The predicted octanol–water partition coefficient (Wildman–Crippen LogP) is 2.65. The average molecular weight is 345 g/mol. The second-order valence-electron chi connectivity index (χ2n) is 5.06. The highest BCUT2D eigenvalue weighted by atomic mass is 35.5. The van der Waals surface area contributed by atoms with Crippen molar-refractivity contribution >= 4 is 17.5 Å². The van der Waals surface area contributed by atoms with Crippen LogP contribution in [0.1, 0.15) is 33.7 Å². The molecule has 24 heavy (non-hydrogen) atoms. The lowest BCUT2D eigenvalue weighted by Gasteiger charge is -2.16. The minimum atomic E-state index is -0.630. The van der Waals surface area contributed by atoms with E-state index in [4.69, 9.17) is 16.1 Å². The second kappa shape index (κ2) is 6.67. The molecule has 7 nitrogen and oxygen atoms in total. The topological polar surface area (TPSA) is 101 Å². The molecule has 3 aromatic rings. The van der Waals surface area contributed by atoms with E-state index in [2.05, 4.69) is 20.4 Å². The van der Waals surface area contributed by atoms with Crippen molar-refractivity contribution in [2.24, 2.45) is 0 Å². The van der Waals surface area contributed by atoms with Crippen molar-refractivity contribution in [1.29, 1.82) is 0 Å². The number of rotatable bonds is 4. The molecule has 0 saturated carbocycles. The van der Waals surface area contributed by atoms with Crippen molar-refractivity contribution in [2.45, 2.75) is 13.0 Å². The van der Waals surface area contributed by atoms with E-state index in [-0.39, 0.29) is 11.3 Å². The fraction of sp³-hybridized carbons (Fsp3) is 0.125. The molecule has 0 fully saturated rings. The molecule has 1 aromatic carbocycles. The van der Waals surface area contributed by atoms with Gasteiger partial charge in [-0.2, -0.15) is 4.98 Å². The smallest absolute Gasteiger partial charge is 0.253 e. The molecule has 0 unspecified atom stereocenters. The summed E-state index contributed by atoms with van der Waals surface area (Å²) in [5.74, 6) is 0.176. The molecule has 2 heterocycles. The van der Waals surface area contributed by atoms with Gasteiger partial charge in [0, 0.05) is 18.1 Å². The van der Waals surface area contributed by atoms with Gasteiger partial charge in [-0.05, 0) is 23.8 Å². The van der Waals surface area contributed by atoms with Crippen LogP contribution in [-0.4, -0.2) is 26.1 Å². The number of amides is 1. The summed E-state index contributed by atoms with van der Waals surface area (Å²) in [5.41, 5.74) is 0.954. The second-order valence-corrected chi connectivity index (χ2v) is 5.50. The Bertz CT molecular complexity index is 864. The largest absolute Gasteiger partial charge is 0.506 e. The zero-order valence-electron chi connectivity index (χ0n) is 12.6. The van der Waals surface area contributed by atoms with Gasteiger partial charge in [0.05, 0.1) is 11.8 Å². The summed E-state index contributed by atoms with van der Waals surface area (Å²) >= 11 is 5.91. The van der Waals surface area contributed by atoms with Crippen molar-refractivity contribution in [1.82, 2.24) is 20.4 Å². The van der Waals surface area contributed by atoms with Crippen LogP contribution in [0.25, 0.3) is 0 Å². The van der Waals surface area contributed by atoms with Gasteiger partial charge >= 0.3 is 0 Å². The van der Waals surface area contributed by atoms with Crippen molar-refractivity contribution in [3.63, 3.8) is 0 Å². The maximum absolute atomic E-state index is 12.5. The minimum Gasteiger partial charge on any atom is -0.506 e. The van der Waals surface area contributed by atoms with E-state index < -0.39 is 11.9 Å². The number of hydrogen-bond acceptors (Lipinski definition) is 6. The number of nitrogens with one attached hydrogen (secondary N) is 1. The van der Waals surface area contributed by atoms with Crippen LogP contribution in [0.5, 0.6) is 5.75 Å². The fourth-order valence-electron chi connectivity index (χ4n) is 2.15. The van der Waals surface area contributed by atoms with Crippen LogP contribution in [0.4, 0.5) is 0 Å². The third-order valence-corrected chi connectivity index (χ3v) is 3.52. The first-order valence-electron chi connectivity index (χ1n) is 7.03. The quantitative estimate of drug-likeness (QED) is 0.754. The summed E-state index contributed by atoms with van der Waals surface area (Å²) < 4.78 is 5.01. The Morgan fingerprint density at radius 2 is 2.04 bits per heavy atom. The molecule has 3 rings (SSSR count). The summed E-state index contributed by atoms with van der Waals surface area (Å²) in [5, 5.41) is 16.7. The van der Waals surface area contributed by atoms with Crippen LogP contribution in [0.15, 0.2) is 47.2 Å². The third-order valence-electron chi connectivity index (χ3n) is 3.27. The fourth-order valence-corrected chi connectivity index (χ4v) is 2.28. The van der Waals surface area contributed by atoms with E-state index in [0.29, 0.717) is 16.7 Å². The molecule has 0 aliphatic carbocycles. The lowest BCUT2D eigenvalue weighted by Crippen LogP contribution is -2.30. The SMILES string of the molecule is Cc1nc([C@H](NC(=O)c2cncc(O)c2)c2ccc(Cl)cc2)no1. The number of halogens is 1. The number of carbonyl (C=O) groups is 1. The molecule has 0 aliphatic heterocycles. The van der Waals surface area contributed by atoms with E-state index >= 15 is 0 Å². The van der Waals surface area contributed by atoms with E-state index in [9.17, 15) is 9.90 Å². The van der Waals surface area contributed by atoms with E-state index in [1.54, 1.807) is 31.2 Å². The molecule has 0 spiro atoms. The number of hydrogen-bond donors (Lipinski definition) is 2. The van der Waals surface area contributed by atoms with Gasteiger partial charge in [-0.3, -0.25) is 9.78 Å². The van der Waals surface area contributed by atoms with Crippen LogP contribution < -0.4 is 5.32 Å². The summed E-state index contributed by atoms with van der Waals surface area (Å²) in [6.45, 7) is 1.66. The highest BCUT2D eigenvalue weighted by Crippen LogP contribution is 2.22. The Balaban J connectivity index is 1.93. The van der Waals surface area contributed by atoms with Gasteiger partial charge in [0.25, 0.3) is 5.91 Å². The first kappa shape index (κ1) is 15.9. The molecule has 2 N–H and O–H groups in total. The summed E-state index contributed by atoms with van der Waals surface area (Å²) in [6, 6.07) is 7.63. The van der Waals surface area contributed by atoms with Gasteiger partial charge in [-0.25, -0.2) is 0 Å². The molecule has 1 amide bonds. The number of nitrogens with zero attached hydrogens (tertiary/aromatic N) is 3. The molecule has 0 bridgehead atoms. The van der Waals surface area contributed by atoms with E-state index in [0.717, 1.165) is 5.56 Å². The number of benzene rings is 1. The lowest BCUT2D eigenvalue weighted by atomic mass is 10.1. The third kappa shape index (κ3) is 3.52. The monoisotopic (exact) mass is 344 g/mol. The standard InChI is InChI=1S/C16H13ClN4O3/c1-9-19-15(21-24-9)14(10-2-4-12(17)5-3-10)20-16(23)11-6-13(22)8-18-7-11/h2-8,14,22H,1H3,(H,20,23)/t14-/m1/s1. The Hall–Kier alpha value is -2.93. The van der Waals surface area contributed by atoms with Gasteiger partial charge in [0.1, 0.15) is 11.8 Å². The molecule has 8 heteroatoms. The van der Waals surface area contributed by atoms with Crippen LogP contribution in [0.2, 0.25) is 5.02 Å². The first-order valence-corrected chi connectivity index (χ1v) is 7.41. The van der Waals surface area contributed by atoms with Gasteiger partial charge < -0.3 is 14.9 Å². The van der Waals surface area contributed by atoms with Crippen molar-refractivity contribution in [2.75, 3.05) is 0 Å². The number of aryl methyl sites for hydroxylation is 1. The Morgan fingerprint density at radius 3 is 2.67 bits per heavy atom.